The summed E-state index contributed by atoms with van der Waals surface area (Å²) in [4.78, 5) is 0. The molecule has 0 amide bonds. The average molecular weight is 171 g/mol. The Balaban J connectivity index is 2.55. The number of hydrogen-bond donors (Lipinski definition) is 0. The summed E-state index contributed by atoms with van der Waals surface area (Å²) in [6.45, 7) is 6.65. The van der Waals surface area contributed by atoms with E-state index in [1.807, 2.05) is 0 Å². The van der Waals surface area contributed by atoms with Crippen LogP contribution in [0.1, 0.15) is 43.4 Å². The van der Waals surface area contributed by atoms with Gasteiger partial charge in [0.2, 0.25) is 0 Å². The van der Waals surface area contributed by atoms with E-state index in [1.54, 1.807) is 0 Å². The van der Waals surface area contributed by atoms with Gasteiger partial charge in [-0.05, 0) is 29.5 Å². The first-order chi connectivity index (χ1) is 6.18. The molecule has 0 aliphatic heterocycles. The Bertz CT molecular complexity index is 356. The Morgan fingerprint density at radius 1 is 1.15 bits per heavy atom. The molecule has 0 N–H and O–H groups in total. The van der Waals surface area contributed by atoms with Gasteiger partial charge in [0.25, 0.3) is 0 Å². The van der Waals surface area contributed by atoms with Crippen molar-refractivity contribution in [3.05, 3.63) is 46.9 Å². The first kappa shape index (κ1) is 8.55. The molecule has 1 aliphatic carbocycles. The number of fused-ring (bicyclic) bond motifs is 1. The van der Waals surface area contributed by atoms with E-state index in [9.17, 15) is 0 Å². The van der Waals surface area contributed by atoms with Crippen molar-refractivity contribution in [1.82, 2.24) is 0 Å². The maximum atomic E-state index is 2.28. The van der Waals surface area contributed by atoms with Gasteiger partial charge in [0.1, 0.15) is 0 Å². The van der Waals surface area contributed by atoms with Crippen LogP contribution in [0.25, 0.3) is 6.08 Å². The highest BCUT2D eigenvalue weighted by Crippen LogP contribution is 2.32. The molecule has 1 aromatic rings. The van der Waals surface area contributed by atoms with Crippen LogP contribution in [0.15, 0.2) is 23.8 Å². The van der Waals surface area contributed by atoms with Crippen molar-refractivity contribution in [2.24, 2.45) is 0 Å². The molecule has 0 unspecified atom stereocenters. The van der Waals surface area contributed by atoms with E-state index in [1.165, 1.54) is 22.3 Å². The van der Waals surface area contributed by atoms with Crippen LogP contribution in [0.5, 0.6) is 0 Å². The second-order valence-corrected chi connectivity index (χ2v) is 4.04. The van der Waals surface area contributed by atoms with Crippen LogP contribution in [0.3, 0.4) is 0 Å². The smallest absolute Gasteiger partial charge is 0.0161 e. The second-order valence-electron chi connectivity index (χ2n) is 4.04. The number of benzene rings is 1. The third kappa shape index (κ3) is 1.41. The molecule has 67 valence electrons. The Morgan fingerprint density at radius 3 is 2.62 bits per heavy atom. The molecule has 0 bridgehead atoms. The van der Waals surface area contributed by atoms with Crippen LogP contribution >= 0.6 is 0 Å². The highest BCUT2D eigenvalue weighted by Gasteiger charge is 2.14. The highest BCUT2D eigenvalue weighted by molar-refractivity contribution is 5.71. The second kappa shape index (κ2) is 3.02. The van der Waals surface area contributed by atoms with E-state index in [2.05, 4.69) is 51.5 Å². The first-order valence-electron chi connectivity index (χ1n) is 4.84. The van der Waals surface area contributed by atoms with Crippen LogP contribution in [0.2, 0.25) is 0 Å². The van der Waals surface area contributed by atoms with Gasteiger partial charge in [-0.15, -0.1) is 0 Å². The molecule has 0 nitrogen and oxygen atoms in total. The summed E-state index contributed by atoms with van der Waals surface area (Å²) >= 11 is 0. The SMILES string of the molecule is CC1=Cc2c(cccc2C(C)C)[CH]1. The van der Waals surface area contributed by atoms with Gasteiger partial charge in [-0.1, -0.05) is 43.7 Å². The molecule has 1 aromatic carbocycles. The summed E-state index contributed by atoms with van der Waals surface area (Å²) < 4.78 is 0. The topological polar surface area (TPSA) is 0 Å². The molecule has 1 aliphatic rings. The van der Waals surface area contributed by atoms with Gasteiger partial charge >= 0.3 is 0 Å². The van der Waals surface area contributed by atoms with Crippen molar-refractivity contribution in [3.63, 3.8) is 0 Å². The number of rotatable bonds is 1. The fourth-order valence-corrected chi connectivity index (χ4v) is 1.91. The monoisotopic (exact) mass is 171 g/mol. The van der Waals surface area contributed by atoms with Crippen molar-refractivity contribution in [2.45, 2.75) is 26.7 Å². The molecule has 0 spiro atoms. The predicted molar refractivity (Wildman–Crippen MR) is 57.6 cm³/mol. The van der Waals surface area contributed by atoms with E-state index in [0.29, 0.717) is 5.92 Å². The molecule has 0 heterocycles. The van der Waals surface area contributed by atoms with Crippen LogP contribution in [0, 0.1) is 6.42 Å². The van der Waals surface area contributed by atoms with E-state index < -0.39 is 0 Å². The summed E-state index contributed by atoms with van der Waals surface area (Å²) in [5.74, 6) is 0.616. The Kier molecular flexibility index (Phi) is 1.99. The molecule has 13 heavy (non-hydrogen) atoms. The lowest BCUT2D eigenvalue weighted by atomic mass is 9.95. The normalized spacial score (nSPS) is 14.6. The third-order valence-electron chi connectivity index (χ3n) is 2.55. The zero-order chi connectivity index (χ0) is 9.42. The van der Waals surface area contributed by atoms with Crippen molar-refractivity contribution in [3.8, 4) is 0 Å². The van der Waals surface area contributed by atoms with Crippen molar-refractivity contribution in [2.75, 3.05) is 0 Å². The van der Waals surface area contributed by atoms with Gasteiger partial charge < -0.3 is 0 Å². The maximum absolute atomic E-state index is 2.28. The molecule has 0 saturated heterocycles. The molecule has 0 fully saturated rings. The standard InChI is InChI=1S/C13H15/c1-9(2)12-6-4-5-11-7-10(3)8-13(11)12/h4-9H,1-3H3. The van der Waals surface area contributed by atoms with Crippen LogP contribution < -0.4 is 0 Å². The van der Waals surface area contributed by atoms with Crippen LogP contribution in [-0.2, 0) is 0 Å². The average Bonchev–Trinajstić information content (AvgIpc) is 2.43. The highest BCUT2D eigenvalue weighted by atomic mass is 14.2. The van der Waals surface area contributed by atoms with Crippen LogP contribution in [0.4, 0.5) is 0 Å². The molecule has 0 heteroatoms. The lowest BCUT2D eigenvalue weighted by molar-refractivity contribution is 0.863. The zero-order valence-corrected chi connectivity index (χ0v) is 8.46. The minimum atomic E-state index is 0.616. The van der Waals surface area contributed by atoms with Crippen LogP contribution in [-0.4, -0.2) is 0 Å². The Morgan fingerprint density at radius 2 is 1.92 bits per heavy atom. The predicted octanol–water partition coefficient (Wildman–Crippen LogP) is 3.78. The van der Waals surface area contributed by atoms with Gasteiger partial charge in [-0.3, -0.25) is 0 Å². The van der Waals surface area contributed by atoms with Crippen molar-refractivity contribution >= 4 is 6.08 Å². The lowest BCUT2D eigenvalue weighted by Crippen LogP contribution is -1.92. The zero-order valence-electron chi connectivity index (χ0n) is 8.46. The summed E-state index contributed by atoms with van der Waals surface area (Å²) in [6, 6.07) is 6.57. The Labute approximate surface area is 80.3 Å². The largest absolute Gasteiger partial charge is 0.0642 e. The van der Waals surface area contributed by atoms with Gasteiger partial charge in [-0.2, -0.15) is 0 Å². The molecule has 2 rings (SSSR count). The number of allylic oxidation sites excluding steroid dienone is 1. The minimum absolute atomic E-state index is 0.616. The van der Waals surface area contributed by atoms with Gasteiger partial charge in [0, 0.05) is 6.42 Å². The van der Waals surface area contributed by atoms with Gasteiger partial charge in [0.15, 0.2) is 0 Å². The quantitative estimate of drug-likeness (QED) is 0.603. The van der Waals surface area contributed by atoms with E-state index in [4.69, 9.17) is 0 Å². The number of hydrogen-bond acceptors (Lipinski definition) is 0. The molecule has 0 saturated carbocycles. The minimum Gasteiger partial charge on any atom is -0.0642 e. The van der Waals surface area contributed by atoms with Gasteiger partial charge in [0.05, 0.1) is 0 Å². The molecular weight excluding hydrogens is 156 g/mol. The fraction of sp³-hybridized carbons (Fsp3) is 0.308. The fourth-order valence-electron chi connectivity index (χ4n) is 1.91. The van der Waals surface area contributed by atoms with E-state index in [-0.39, 0.29) is 0 Å². The molecular formula is C13H15. The van der Waals surface area contributed by atoms with E-state index >= 15 is 0 Å². The van der Waals surface area contributed by atoms with E-state index in [0.717, 1.165) is 0 Å². The van der Waals surface area contributed by atoms with Crippen molar-refractivity contribution in [1.29, 1.82) is 0 Å². The lowest BCUT2D eigenvalue weighted by Gasteiger charge is -2.10. The first-order valence-corrected chi connectivity index (χ1v) is 4.84. The maximum Gasteiger partial charge on any atom is 0.0161 e. The summed E-state index contributed by atoms with van der Waals surface area (Å²) in [7, 11) is 0. The van der Waals surface area contributed by atoms with Crippen molar-refractivity contribution < 1.29 is 0 Å². The summed E-state index contributed by atoms with van der Waals surface area (Å²) in [6.07, 6.45) is 4.53. The third-order valence-corrected chi connectivity index (χ3v) is 2.55. The molecule has 0 atom stereocenters. The van der Waals surface area contributed by atoms with Gasteiger partial charge in [-0.25, -0.2) is 0 Å². The molecule has 1 radical (unpaired) electrons. The summed E-state index contributed by atoms with van der Waals surface area (Å²) in [5, 5.41) is 0. The Hall–Kier alpha value is -1.04. The molecule has 0 aromatic heterocycles. The summed E-state index contributed by atoms with van der Waals surface area (Å²) in [5.41, 5.74) is 5.63.